The predicted molar refractivity (Wildman–Crippen MR) is 118 cm³/mol. The van der Waals surface area contributed by atoms with E-state index >= 15 is 0 Å². The Morgan fingerprint density at radius 2 is 2.07 bits per heavy atom. The highest BCUT2D eigenvalue weighted by Gasteiger charge is 2.44. The van der Waals surface area contributed by atoms with Gasteiger partial charge in [-0.3, -0.25) is 0 Å². The second-order valence-electron chi connectivity index (χ2n) is 7.70. The monoisotopic (exact) mass is 426 g/mol. The van der Waals surface area contributed by atoms with Crippen LogP contribution in [0.15, 0.2) is 29.3 Å². The van der Waals surface area contributed by atoms with Crippen LogP contribution in [0, 0.1) is 17.2 Å². The molecule has 2 aromatic rings. The van der Waals surface area contributed by atoms with Crippen molar-refractivity contribution in [2.24, 2.45) is 5.92 Å². The molecule has 1 aromatic carbocycles. The maximum absolute atomic E-state index is 9.74. The summed E-state index contributed by atoms with van der Waals surface area (Å²) in [5, 5.41) is 13.8. The number of nitrogen functional groups attached to an aromatic ring is 1. The number of pyridine rings is 1. The number of hydrogen-bond donors (Lipinski definition) is 2. The summed E-state index contributed by atoms with van der Waals surface area (Å²) in [5.41, 5.74) is 8.88. The molecular formula is C22H26N4O3S. The number of thioether (sulfide) groups is 1. The average molecular weight is 427 g/mol. The molecule has 30 heavy (non-hydrogen) atoms. The fourth-order valence-electron chi connectivity index (χ4n) is 3.38. The standard InChI is InChI=1S/C22H26N4O3S/c1-25-19-18(15-3-5-16(6-4-15)29-13-22(27-2)7-8-22)17(9-23)20(24)26-21(19)30-12-14-10-28-11-14/h3-6,14,25H,7-8,10-13H2,1-2H3,(H2,24,26). The van der Waals surface area contributed by atoms with Gasteiger partial charge in [0.05, 0.1) is 18.9 Å². The average Bonchev–Trinajstić information content (AvgIpc) is 3.51. The maximum atomic E-state index is 9.74. The van der Waals surface area contributed by atoms with Crippen LogP contribution in [-0.2, 0) is 9.47 Å². The number of nitriles is 1. The first-order valence-electron chi connectivity index (χ1n) is 9.99. The summed E-state index contributed by atoms with van der Waals surface area (Å²) in [6.45, 7) is 2.11. The molecule has 7 nitrogen and oxygen atoms in total. The molecule has 1 aliphatic carbocycles. The minimum atomic E-state index is -0.122. The highest BCUT2D eigenvalue weighted by molar-refractivity contribution is 7.99. The predicted octanol–water partition coefficient (Wildman–Crippen LogP) is 3.54. The van der Waals surface area contributed by atoms with E-state index < -0.39 is 0 Å². The Kier molecular flexibility index (Phi) is 6.04. The van der Waals surface area contributed by atoms with E-state index in [0.717, 1.165) is 59.4 Å². The first-order valence-corrected chi connectivity index (χ1v) is 11.0. The first-order chi connectivity index (χ1) is 14.6. The van der Waals surface area contributed by atoms with Gasteiger partial charge in [0.2, 0.25) is 0 Å². The van der Waals surface area contributed by atoms with Crippen molar-refractivity contribution in [3.8, 4) is 22.9 Å². The summed E-state index contributed by atoms with van der Waals surface area (Å²) in [4.78, 5) is 4.50. The molecule has 8 heteroatoms. The van der Waals surface area contributed by atoms with Gasteiger partial charge in [-0.05, 0) is 30.5 Å². The Morgan fingerprint density at radius 1 is 1.33 bits per heavy atom. The number of nitrogens with zero attached hydrogens (tertiary/aromatic N) is 2. The zero-order valence-corrected chi connectivity index (χ0v) is 18.1. The molecule has 0 amide bonds. The molecule has 1 aliphatic heterocycles. The molecule has 158 valence electrons. The molecule has 1 aromatic heterocycles. The van der Waals surface area contributed by atoms with Gasteiger partial charge in [0.1, 0.15) is 40.4 Å². The van der Waals surface area contributed by atoms with Gasteiger partial charge >= 0.3 is 0 Å². The lowest BCUT2D eigenvalue weighted by molar-refractivity contribution is -0.0196. The van der Waals surface area contributed by atoms with Crippen molar-refractivity contribution in [3.05, 3.63) is 29.8 Å². The van der Waals surface area contributed by atoms with Gasteiger partial charge < -0.3 is 25.3 Å². The Balaban J connectivity index is 1.60. The third-order valence-electron chi connectivity index (χ3n) is 5.60. The van der Waals surface area contributed by atoms with Crippen molar-refractivity contribution >= 4 is 23.3 Å². The number of nitrogens with two attached hydrogens (primary N) is 1. The molecule has 0 unspecified atom stereocenters. The lowest BCUT2D eigenvalue weighted by atomic mass is 9.99. The molecule has 2 heterocycles. The van der Waals surface area contributed by atoms with Crippen LogP contribution in [0.1, 0.15) is 18.4 Å². The summed E-state index contributed by atoms with van der Waals surface area (Å²) in [6, 6.07) is 9.95. The molecule has 2 aliphatic rings. The molecular weight excluding hydrogens is 400 g/mol. The molecule has 0 atom stereocenters. The topological polar surface area (TPSA) is 102 Å². The smallest absolute Gasteiger partial charge is 0.143 e. The van der Waals surface area contributed by atoms with Crippen LogP contribution in [0.25, 0.3) is 11.1 Å². The second-order valence-corrected chi connectivity index (χ2v) is 8.71. The number of nitrogens with one attached hydrogen (secondary N) is 1. The highest BCUT2D eigenvalue weighted by atomic mass is 32.2. The van der Waals surface area contributed by atoms with Crippen LogP contribution in [0.5, 0.6) is 5.75 Å². The number of hydrogen-bond acceptors (Lipinski definition) is 8. The van der Waals surface area contributed by atoms with E-state index in [1.807, 2.05) is 31.3 Å². The maximum Gasteiger partial charge on any atom is 0.143 e. The van der Waals surface area contributed by atoms with Crippen LogP contribution < -0.4 is 15.8 Å². The summed E-state index contributed by atoms with van der Waals surface area (Å²) in [7, 11) is 3.56. The van der Waals surface area contributed by atoms with Gasteiger partial charge in [-0.25, -0.2) is 4.98 Å². The molecule has 1 saturated heterocycles. The van der Waals surface area contributed by atoms with Crippen molar-refractivity contribution in [3.63, 3.8) is 0 Å². The van der Waals surface area contributed by atoms with Crippen LogP contribution in [0.2, 0.25) is 0 Å². The molecule has 0 spiro atoms. The Labute approximate surface area is 180 Å². The quantitative estimate of drug-likeness (QED) is 0.587. The van der Waals surface area contributed by atoms with Crippen LogP contribution >= 0.6 is 11.8 Å². The number of rotatable bonds is 9. The highest BCUT2D eigenvalue weighted by Crippen LogP contribution is 2.42. The fraction of sp³-hybridized carbons (Fsp3) is 0.455. The number of methoxy groups -OCH3 is 1. The molecule has 1 saturated carbocycles. The Hall–Kier alpha value is -2.47. The van der Waals surface area contributed by atoms with E-state index in [1.165, 1.54) is 0 Å². The van der Waals surface area contributed by atoms with Crippen LogP contribution in [0.4, 0.5) is 11.5 Å². The summed E-state index contributed by atoms with van der Waals surface area (Å²) >= 11 is 1.64. The lowest BCUT2D eigenvalue weighted by Gasteiger charge is -2.26. The van der Waals surface area contributed by atoms with Crippen LogP contribution in [-0.4, -0.2) is 50.3 Å². The van der Waals surface area contributed by atoms with E-state index in [1.54, 1.807) is 18.9 Å². The Morgan fingerprint density at radius 3 is 2.60 bits per heavy atom. The van der Waals surface area contributed by atoms with Crippen molar-refractivity contribution in [2.75, 3.05) is 50.8 Å². The van der Waals surface area contributed by atoms with E-state index in [2.05, 4.69) is 16.4 Å². The number of benzene rings is 1. The summed E-state index contributed by atoms with van der Waals surface area (Å²) in [6.07, 6.45) is 2.06. The van der Waals surface area contributed by atoms with Crippen molar-refractivity contribution in [1.29, 1.82) is 5.26 Å². The van der Waals surface area contributed by atoms with Crippen molar-refractivity contribution in [2.45, 2.75) is 23.5 Å². The van der Waals surface area contributed by atoms with E-state index in [0.29, 0.717) is 18.1 Å². The van der Waals surface area contributed by atoms with E-state index in [4.69, 9.17) is 19.9 Å². The summed E-state index contributed by atoms with van der Waals surface area (Å²) in [5.74, 6) is 2.45. The van der Waals surface area contributed by atoms with Crippen LogP contribution in [0.3, 0.4) is 0 Å². The SMILES string of the molecule is CNc1c(SCC2COC2)nc(N)c(C#N)c1-c1ccc(OCC2(OC)CC2)cc1. The number of anilines is 2. The second kappa shape index (κ2) is 8.72. The van der Waals surface area contributed by atoms with E-state index in [9.17, 15) is 5.26 Å². The van der Waals surface area contributed by atoms with Gasteiger partial charge in [0.25, 0.3) is 0 Å². The molecule has 0 radical (unpaired) electrons. The fourth-order valence-corrected chi connectivity index (χ4v) is 4.47. The van der Waals surface area contributed by atoms with Gasteiger partial charge in [-0.2, -0.15) is 5.26 Å². The molecule has 4 rings (SSSR count). The van der Waals surface area contributed by atoms with Crippen molar-refractivity contribution in [1.82, 2.24) is 4.98 Å². The Bertz CT molecular complexity index is 950. The van der Waals surface area contributed by atoms with Crippen molar-refractivity contribution < 1.29 is 14.2 Å². The normalized spacial score (nSPS) is 17.1. The van der Waals surface area contributed by atoms with Gasteiger partial charge in [-0.1, -0.05) is 12.1 Å². The van der Waals surface area contributed by atoms with Gasteiger partial charge in [-0.15, -0.1) is 11.8 Å². The lowest BCUT2D eigenvalue weighted by Crippen LogP contribution is -2.29. The summed E-state index contributed by atoms with van der Waals surface area (Å²) < 4.78 is 16.7. The number of aromatic nitrogens is 1. The molecule has 0 bridgehead atoms. The minimum Gasteiger partial charge on any atom is -0.491 e. The first kappa shape index (κ1) is 20.8. The third kappa shape index (κ3) is 4.19. The third-order valence-corrected chi connectivity index (χ3v) is 6.81. The number of ether oxygens (including phenoxy) is 3. The molecule has 2 fully saturated rings. The molecule has 3 N–H and O–H groups in total. The minimum absolute atomic E-state index is 0.122. The zero-order chi connectivity index (χ0) is 21.1. The van der Waals surface area contributed by atoms with E-state index in [-0.39, 0.29) is 11.4 Å². The zero-order valence-electron chi connectivity index (χ0n) is 17.2. The largest absolute Gasteiger partial charge is 0.491 e. The van der Waals surface area contributed by atoms with Gasteiger partial charge in [0.15, 0.2) is 0 Å². The van der Waals surface area contributed by atoms with Gasteiger partial charge in [0, 0.05) is 31.4 Å².